The SMILES string of the molecule is ClP(Cl)c1ccc2c(c1)CCCC2. The van der Waals surface area contributed by atoms with Gasteiger partial charge in [0.05, 0.1) is 0 Å². The summed E-state index contributed by atoms with van der Waals surface area (Å²) in [6.45, 7) is -0.966. The Kier molecular flexibility index (Phi) is 3.14. The summed E-state index contributed by atoms with van der Waals surface area (Å²) in [6.07, 6.45) is 5.04. The van der Waals surface area contributed by atoms with Crippen molar-refractivity contribution in [3.63, 3.8) is 0 Å². The van der Waals surface area contributed by atoms with E-state index in [-0.39, 0.29) is 0 Å². The van der Waals surface area contributed by atoms with Gasteiger partial charge in [0.1, 0.15) is 6.63 Å². The van der Waals surface area contributed by atoms with Crippen LogP contribution in [0.1, 0.15) is 24.0 Å². The van der Waals surface area contributed by atoms with Crippen LogP contribution in [0.4, 0.5) is 0 Å². The molecular weight excluding hydrogens is 222 g/mol. The van der Waals surface area contributed by atoms with E-state index in [1.165, 1.54) is 36.8 Å². The first-order valence-electron chi connectivity index (χ1n) is 4.51. The van der Waals surface area contributed by atoms with Crippen LogP contribution in [0, 0.1) is 0 Å². The highest BCUT2D eigenvalue weighted by atomic mass is 35.9. The van der Waals surface area contributed by atoms with Crippen molar-refractivity contribution in [1.82, 2.24) is 0 Å². The number of aryl methyl sites for hydroxylation is 2. The Labute approximate surface area is 89.6 Å². The van der Waals surface area contributed by atoms with Crippen LogP contribution in [0.5, 0.6) is 0 Å². The maximum atomic E-state index is 5.88. The van der Waals surface area contributed by atoms with Gasteiger partial charge in [0, 0.05) is 5.30 Å². The molecule has 0 nitrogen and oxygen atoms in total. The molecule has 3 heteroatoms. The van der Waals surface area contributed by atoms with Crippen molar-refractivity contribution in [3.8, 4) is 0 Å². The van der Waals surface area contributed by atoms with Crippen LogP contribution in [-0.4, -0.2) is 0 Å². The third-order valence-electron chi connectivity index (χ3n) is 2.53. The summed E-state index contributed by atoms with van der Waals surface area (Å²) < 4.78 is 0. The van der Waals surface area contributed by atoms with Crippen molar-refractivity contribution in [2.75, 3.05) is 0 Å². The lowest BCUT2D eigenvalue weighted by atomic mass is 9.92. The van der Waals surface area contributed by atoms with Crippen molar-refractivity contribution >= 4 is 34.4 Å². The highest BCUT2D eigenvalue weighted by Gasteiger charge is 2.11. The number of halogens is 2. The zero-order valence-electron chi connectivity index (χ0n) is 7.26. The van der Waals surface area contributed by atoms with Gasteiger partial charge in [-0.2, -0.15) is 0 Å². The molecule has 0 atom stereocenters. The van der Waals surface area contributed by atoms with Gasteiger partial charge in [-0.05, 0) is 42.9 Å². The van der Waals surface area contributed by atoms with E-state index in [0.717, 1.165) is 5.30 Å². The fourth-order valence-corrected chi connectivity index (χ4v) is 2.90. The Morgan fingerprint density at radius 1 is 1.00 bits per heavy atom. The standard InChI is InChI=1S/C10H11Cl2P/c11-13(12)10-6-5-8-3-1-2-4-9(8)7-10/h5-7H,1-4H2. The second-order valence-corrected chi connectivity index (χ2v) is 6.92. The molecule has 70 valence electrons. The highest BCUT2D eigenvalue weighted by molar-refractivity contribution is 8.08. The molecule has 1 aromatic rings. The Hall–Kier alpha value is 0.230. The molecule has 0 radical (unpaired) electrons. The number of rotatable bonds is 1. The molecule has 0 bridgehead atoms. The van der Waals surface area contributed by atoms with E-state index in [1.807, 2.05) is 0 Å². The average Bonchev–Trinajstić information content (AvgIpc) is 2.17. The minimum absolute atomic E-state index is 0.966. The third-order valence-corrected chi connectivity index (χ3v) is 4.37. The number of benzene rings is 1. The van der Waals surface area contributed by atoms with E-state index in [9.17, 15) is 0 Å². The quantitative estimate of drug-likeness (QED) is 0.643. The van der Waals surface area contributed by atoms with Crippen LogP contribution in [-0.2, 0) is 12.8 Å². The summed E-state index contributed by atoms with van der Waals surface area (Å²) in [5.74, 6) is 0. The second kappa shape index (κ2) is 4.17. The molecule has 0 aliphatic heterocycles. The van der Waals surface area contributed by atoms with E-state index >= 15 is 0 Å². The highest BCUT2D eigenvalue weighted by Crippen LogP contribution is 2.45. The molecule has 0 saturated heterocycles. The smallest absolute Gasteiger partial charge is 0.0727 e. The van der Waals surface area contributed by atoms with Crippen LogP contribution in [0.3, 0.4) is 0 Å². The van der Waals surface area contributed by atoms with Gasteiger partial charge in [-0.1, -0.05) is 34.6 Å². The van der Waals surface area contributed by atoms with Gasteiger partial charge >= 0.3 is 0 Å². The fraction of sp³-hybridized carbons (Fsp3) is 0.400. The van der Waals surface area contributed by atoms with Gasteiger partial charge in [-0.3, -0.25) is 0 Å². The summed E-state index contributed by atoms with van der Waals surface area (Å²) in [6, 6.07) is 6.43. The zero-order chi connectivity index (χ0) is 9.26. The molecule has 0 saturated carbocycles. The van der Waals surface area contributed by atoms with Crippen LogP contribution >= 0.6 is 29.1 Å². The van der Waals surface area contributed by atoms with E-state index in [1.54, 1.807) is 0 Å². The minimum Gasteiger partial charge on any atom is -0.0727 e. The molecule has 0 N–H and O–H groups in total. The maximum Gasteiger partial charge on any atom is 0.116 e. The van der Waals surface area contributed by atoms with Crippen LogP contribution in [0.15, 0.2) is 18.2 Å². The second-order valence-electron chi connectivity index (χ2n) is 3.39. The van der Waals surface area contributed by atoms with Crippen molar-refractivity contribution < 1.29 is 0 Å². The molecule has 1 aliphatic carbocycles. The normalized spacial score (nSPS) is 15.9. The predicted molar refractivity (Wildman–Crippen MR) is 61.3 cm³/mol. The minimum atomic E-state index is -0.966. The van der Waals surface area contributed by atoms with E-state index < -0.39 is 6.63 Å². The maximum absolute atomic E-state index is 5.88. The van der Waals surface area contributed by atoms with Crippen molar-refractivity contribution in [2.45, 2.75) is 25.7 Å². The first-order valence-corrected chi connectivity index (χ1v) is 7.66. The summed E-state index contributed by atoms with van der Waals surface area (Å²) in [7, 11) is 0. The van der Waals surface area contributed by atoms with Crippen molar-refractivity contribution in [1.29, 1.82) is 0 Å². The molecule has 0 amide bonds. The molecule has 0 spiro atoms. The third kappa shape index (κ3) is 2.18. The summed E-state index contributed by atoms with van der Waals surface area (Å²) in [5.41, 5.74) is 2.94. The fourth-order valence-electron chi connectivity index (χ4n) is 1.82. The topological polar surface area (TPSA) is 0 Å². The molecule has 0 fully saturated rings. The Morgan fingerprint density at radius 2 is 1.69 bits per heavy atom. The van der Waals surface area contributed by atoms with Crippen LogP contribution in [0.25, 0.3) is 0 Å². The molecular formula is C10H11Cl2P. The molecule has 0 aromatic heterocycles. The Bertz CT molecular complexity index is 310. The molecule has 0 unspecified atom stereocenters. The first kappa shape index (κ1) is 9.77. The van der Waals surface area contributed by atoms with Gasteiger partial charge in [0.15, 0.2) is 0 Å². The van der Waals surface area contributed by atoms with Crippen molar-refractivity contribution in [2.24, 2.45) is 0 Å². The molecule has 2 rings (SSSR count). The lowest BCUT2D eigenvalue weighted by Gasteiger charge is -2.16. The average molecular weight is 233 g/mol. The Balaban J connectivity index is 2.35. The monoisotopic (exact) mass is 232 g/mol. The lowest BCUT2D eigenvalue weighted by Crippen LogP contribution is -2.06. The number of hydrogen-bond donors (Lipinski definition) is 0. The van der Waals surface area contributed by atoms with E-state index in [2.05, 4.69) is 18.2 Å². The lowest BCUT2D eigenvalue weighted by molar-refractivity contribution is 0.686. The molecule has 1 aromatic carbocycles. The summed E-state index contributed by atoms with van der Waals surface area (Å²) in [4.78, 5) is 0. The number of fused-ring (bicyclic) bond motifs is 1. The van der Waals surface area contributed by atoms with Crippen molar-refractivity contribution in [3.05, 3.63) is 29.3 Å². The molecule has 13 heavy (non-hydrogen) atoms. The molecule has 0 heterocycles. The van der Waals surface area contributed by atoms with Crippen LogP contribution < -0.4 is 5.30 Å². The van der Waals surface area contributed by atoms with Gasteiger partial charge in [-0.15, -0.1) is 0 Å². The van der Waals surface area contributed by atoms with Gasteiger partial charge < -0.3 is 0 Å². The van der Waals surface area contributed by atoms with Gasteiger partial charge in [0.2, 0.25) is 0 Å². The summed E-state index contributed by atoms with van der Waals surface area (Å²) >= 11 is 11.8. The number of hydrogen-bond acceptors (Lipinski definition) is 0. The molecule has 1 aliphatic rings. The largest absolute Gasteiger partial charge is 0.116 e. The van der Waals surface area contributed by atoms with E-state index in [4.69, 9.17) is 22.5 Å². The van der Waals surface area contributed by atoms with Gasteiger partial charge in [-0.25, -0.2) is 0 Å². The van der Waals surface area contributed by atoms with E-state index in [0.29, 0.717) is 0 Å². The first-order chi connectivity index (χ1) is 6.27. The summed E-state index contributed by atoms with van der Waals surface area (Å²) in [5, 5.41) is 1.10. The Morgan fingerprint density at radius 3 is 2.38 bits per heavy atom. The predicted octanol–water partition coefficient (Wildman–Crippen LogP) is 3.98. The van der Waals surface area contributed by atoms with Gasteiger partial charge in [0.25, 0.3) is 0 Å². The zero-order valence-corrected chi connectivity index (χ0v) is 9.67. The van der Waals surface area contributed by atoms with Crippen LogP contribution in [0.2, 0.25) is 0 Å².